The number of nitrogens with one attached hydrogen (secondary N) is 2. The molecule has 0 aliphatic carbocycles. The predicted octanol–water partition coefficient (Wildman–Crippen LogP) is 3.28. The summed E-state index contributed by atoms with van der Waals surface area (Å²) in [5.74, 6) is 0.525. The van der Waals surface area contributed by atoms with Crippen LogP contribution >= 0.6 is 0 Å². The second-order valence-electron chi connectivity index (χ2n) is 11.1. The third kappa shape index (κ3) is 5.87. The largest absolute Gasteiger partial charge is 0.395 e. The molecule has 3 N–H and O–H groups in total. The maximum absolute atomic E-state index is 13.1. The molecule has 0 spiro atoms. The number of aryl methyl sites for hydroxylation is 1. The number of hydrogen-bond acceptors (Lipinski definition) is 10. The number of fused-ring (bicyclic) bond motifs is 1. The molecular weight excluding hydrogens is 510 g/mol. The monoisotopic (exact) mass is 545 g/mol. The SMILES string of the molecule is Cc1c(Nc2nccc(-c3ccc4c(c3)CN(CCO)CC[C@H]4NC(=O)c3noc(C(C)(C)C)n3)n2)cnn1C. The Morgan fingerprint density at radius 3 is 2.75 bits per heavy atom. The van der Waals surface area contributed by atoms with Gasteiger partial charge in [-0.25, -0.2) is 9.97 Å². The van der Waals surface area contributed by atoms with Crippen molar-refractivity contribution in [3.8, 4) is 11.3 Å². The predicted molar refractivity (Wildman–Crippen MR) is 149 cm³/mol. The van der Waals surface area contributed by atoms with E-state index < -0.39 is 0 Å². The highest BCUT2D eigenvalue weighted by Crippen LogP contribution is 2.31. The first-order chi connectivity index (χ1) is 19.1. The summed E-state index contributed by atoms with van der Waals surface area (Å²) in [5.41, 5.74) is 5.22. The lowest BCUT2D eigenvalue weighted by Crippen LogP contribution is -2.31. The molecule has 0 unspecified atom stereocenters. The lowest BCUT2D eigenvalue weighted by molar-refractivity contribution is 0.0918. The van der Waals surface area contributed by atoms with Crippen molar-refractivity contribution < 1.29 is 14.4 Å². The molecule has 0 fully saturated rings. The fourth-order valence-corrected chi connectivity index (χ4v) is 4.68. The van der Waals surface area contributed by atoms with Gasteiger partial charge in [-0.05, 0) is 36.6 Å². The van der Waals surface area contributed by atoms with Gasteiger partial charge in [-0.3, -0.25) is 14.4 Å². The van der Waals surface area contributed by atoms with Crippen LogP contribution in [0.1, 0.15) is 66.6 Å². The molecule has 0 radical (unpaired) electrons. The van der Waals surface area contributed by atoms with Crippen molar-refractivity contribution in [1.29, 1.82) is 0 Å². The highest BCUT2D eigenvalue weighted by Gasteiger charge is 2.28. The molecule has 1 amide bonds. The van der Waals surface area contributed by atoms with Gasteiger partial charge in [0, 0.05) is 43.9 Å². The molecule has 12 heteroatoms. The number of aliphatic hydroxyl groups excluding tert-OH is 1. The van der Waals surface area contributed by atoms with Crippen molar-refractivity contribution in [2.24, 2.45) is 7.05 Å². The zero-order chi connectivity index (χ0) is 28.4. The van der Waals surface area contributed by atoms with Crippen molar-refractivity contribution in [2.75, 3.05) is 25.0 Å². The molecule has 0 bridgehead atoms. The highest BCUT2D eigenvalue weighted by atomic mass is 16.5. The van der Waals surface area contributed by atoms with E-state index in [9.17, 15) is 9.90 Å². The van der Waals surface area contributed by atoms with Crippen molar-refractivity contribution >= 4 is 17.5 Å². The Labute approximate surface area is 232 Å². The van der Waals surface area contributed by atoms with Gasteiger partial charge >= 0.3 is 0 Å². The number of β-amino-alcohol motifs (C(OH)–C–C–N with tert-alkyl or cyclic N) is 1. The molecule has 3 aromatic heterocycles. The highest BCUT2D eigenvalue weighted by molar-refractivity contribution is 5.90. The first-order valence-corrected chi connectivity index (χ1v) is 13.3. The Hall–Kier alpha value is -4.16. The number of hydrogen-bond donors (Lipinski definition) is 3. The third-order valence-corrected chi connectivity index (χ3v) is 7.07. The van der Waals surface area contributed by atoms with E-state index >= 15 is 0 Å². The Bertz CT molecular complexity index is 1500. The number of carbonyl (C=O) groups excluding carboxylic acids is 1. The number of benzene rings is 1. The molecule has 1 atom stereocenters. The molecule has 1 aliphatic rings. The van der Waals surface area contributed by atoms with Crippen molar-refractivity contribution in [3.63, 3.8) is 0 Å². The zero-order valence-corrected chi connectivity index (χ0v) is 23.5. The van der Waals surface area contributed by atoms with Crippen LogP contribution < -0.4 is 10.6 Å². The lowest BCUT2D eigenvalue weighted by atomic mass is 9.96. The fraction of sp³-hybridized carbons (Fsp3) is 0.429. The van der Waals surface area contributed by atoms with E-state index in [1.807, 2.05) is 52.9 Å². The van der Waals surface area contributed by atoms with Crippen LogP contribution in [0.5, 0.6) is 0 Å². The Balaban J connectivity index is 1.42. The minimum absolute atomic E-state index is 0.0180. The molecule has 12 nitrogen and oxygen atoms in total. The molecular formula is C28H35N9O3. The Morgan fingerprint density at radius 2 is 2.05 bits per heavy atom. The van der Waals surface area contributed by atoms with Gasteiger partial charge in [-0.2, -0.15) is 10.1 Å². The van der Waals surface area contributed by atoms with E-state index in [0.29, 0.717) is 37.9 Å². The maximum Gasteiger partial charge on any atom is 0.293 e. The normalized spacial score (nSPS) is 15.9. The second-order valence-corrected chi connectivity index (χ2v) is 11.1. The molecule has 40 heavy (non-hydrogen) atoms. The summed E-state index contributed by atoms with van der Waals surface area (Å²) >= 11 is 0. The number of nitrogens with zero attached hydrogens (tertiary/aromatic N) is 7. The number of aliphatic hydroxyl groups is 1. The van der Waals surface area contributed by atoms with Crippen LogP contribution in [0.15, 0.2) is 41.2 Å². The van der Waals surface area contributed by atoms with E-state index in [1.54, 1.807) is 17.1 Å². The maximum atomic E-state index is 13.1. The zero-order valence-electron chi connectivity index (χ0n) is 23.5. The van der Waals surface area contributed by atoms with Crippen LogP contribution in [0.25, 0.3) is 11.3 Å². The third-order valence-electron chi connectivity index (χ3n) is 7.07. The smallest absolute Gasteiger partial charge is 0.293 e. The molecule has 4 aromatic rings. The molecule has 210 valence electrons. The molecule has 1 aromatic carbocycles. The van der Waals surface area contributed by atoms with Gasteiger partial charge in [-0.15, -0.1) is 0 Å². The van der Waals surface area contributed by atoms with Gasteiger partial charge in [-0.1, -0.05) is 38.1 Å². The van der Waals surface area contributed by atoms with Crippen LogP contribution in [0.2, 0.25) is 0 Å². The van der Waals surface area contributed by atoms with Crippen LogP contribution in [0, 0.1) is 6.92 Å². The molecule has 0 saturated carbocycles. The summed E-state index contributed by atoms with van der Waals surface area (Å²) in [6.07, 6.45) is 4.14. The summed E-state index contributed by atoms with van der Waals surface area (Å²) in [7, 11) is 1.88. The summed E-state index contributed by atoms with van der Waals surface area (Å²) in [6, 6.07) is 7.75. The molecule has 0 saturated heterocycles. The fourth-order valence-electron chi connectivity index (χ4n) is 4.68. The minimum Gasteiger partial charge on any atom is -0.395 e. The van der Waals surface area contributed by atoms with E-state index in [4.69, 9.17) is 9.51 Å². The van der Waals surface area contributed by atoms with Crippen LogP contribution in [-0.4, -0.2) is 65.5 Å². The van der Waals surface area contributed by atoms with E-state index in [1.165, 1.54) is 0 Å². The number of carbonyl (C=O) groups is 1. The van der Waals surface area contributed by atoms with Crippen LogP contribution in [0.4, 0.5) is 11.6 Å². The summed E-state index contributed by atoms with van der Waals surface area (Å²) < 4.78 is 7.11. The summed E-state index contributed by atoms with van der Waals surface area (Å²) in [4.78, 5) is 28.7. The topological polar surface area (TPSA) is 147 Å². The number of amides is 1. The number of aromatic nitrogens is 6. The Kier molecular flexibility index (Phi) is 7.63. The molecule has 4 heterocycles. The molecule has 1 aliphatic heterocycles. The average Bonchev–Trinajstić information content (AvgIpc) is 3.50. The molecule has 5 rings (SSSR count). The van der Waals surface area contributed by atoms with Gasteiger partial charge in [0.1, 0.15) is 0 Å². The summed E-state index contributed by atoms with van der Waals surface area (Å²) in [6.45, 7) is 9.77. The van der Waals surface area contributed by atoms with E-state index in [0.717, 1.165) is 33.8 Å². The Morgan fingerprint density at radius 1 is 1.23 bits per heavy atom. The van der Waals surface area contributed by atoms with E-state index in [-0.39, 0.29) is 29.8 Å². The van der Waals surface area contributed by atoms with Gasteiger partial charge in [0.25, 0.3) is 11.7 Å². The van der Waals surface area contributed by atoms with Gasteiger partial charge in [0.05, 0.1) is 35.9 Å². The lowest BCUT2D eigenvalue weighted by Gasteiger charge is -2.19. The standard InChI is InChI=1S/C28H35N9O3/c1-17-23(15-30-36(17)5)33-27-29-10-8-21(32-27)18-6-7-20-19(14-18)16-37(12-13-38)11-9-22(20)31-25(39)24-34-26(40-35-24)28(2,3)4/h6-8,10,14-15,22,38H,9,11-13,16H2,1-5H3,(H,31,39)(H,29,32,33)/t22-/m1/s1. The average molecular weight is 546 g/mol. The van der Waals surface area contributed by atoms with Crippen LogP contribution in [0.3, 0.4) is 0 Å². The van der Waals surface area contributed by atoms with E-state index in [2.05, 4.69) is 41.8 Å². The first-order valence-electron chi connectivity index (χ1n) is 13.3. The van der Waals surface area contributed by atoms with Crippen molar-refractivity contribution in [2.45, 2.75) is 52.1 Å². The van der Waals surface area contributed by atoms with Crippen LogP contribution in [-0.2, 0) is 19.0 Å². The number of anilines is 2. The minimum atomic E-state index is -0.382. The number of rotatable bonds is 7. The van der Waals surface area contributed by atoms with Gasteiger partial charge < -0.3 is 20.3 Å². The second kappa shape index (κ2) is 11.1. The first kappa shape index (κ1) is 27.4. The van der Waals surface area contributed by atoms with Gasteiger partial charge in [0.2, 0.25) is 11.8 Å². The van der Waals surface area contributed by atoms with Gasteiger partial charge in [0.15, 0.2) is 0 Å². The van der Waals surface area contributed by atoms with Crippen molar-refractivity contribution in [1.82, 2.24) is 40.1 Å². The summed E-state index contributed by atoms with van der Waals surface area (Å²) in [5, 5.41) is 24.1. The quantitative estimate of drug-likeness (QED) is 0.316. The van der Waals surface area contributed by atoms with Crippen molar-refractivity contribution in [3.05, 3.63) is 65.2 Å².